The van der Waals surface area contributed by atoms with E-state index >= 15 is 0 Å². The molecule has 4 heteroatoms. The summed E-state index contributed by atoms with van der Waals surface area (Å²) in [7, 11) is 3.21. The van der Waals surface area contributed by atoms with Crippen LogP contribution in [0.1, 0.15) is 17.8 Å². The zero-order valence-electron chi connectivity index (χ0n) is 5.87. The fourth-order valence-corrected chi connectivity index (χ4v) is 0.726. The van der Waals surface area contributed by atoms with Gasteiger partial charge in [0, 0.05) is 13.2 Å². The highest BCUT2D eigenvalue weighted by atomic mass is 16.5. The van der Waals surface area contributed by atoms with Crippen molar-refractivity contribution in [3.63, 3.8) is 0 Å². The van der Waals surface area contributed by atoms with Crippen LogP contribution in [0.25, 0.3) is 0 Å². The number of carbonyl (C=O) groups is 1. The van der Waals surface area contributed by atoms with Crippen LogP contribution in [0.15, 0.2) is 6.20 Å². The molecule has 0 saturated carbocycles. The maximum atomic E-state index is 10.3. The summed E-state index contributed by atoms with van der Waals surface area (Å²) in [5.74, 6) is 0.373. The molecule has 0 aliphatic carbocycles. The minimum Gasteiger partial charge on any atom is -0.479 e. The highest BCUT2D eigenvalue weighted by Crippen LogP contribution is 2.10. The first kappa shape index (κ1) is 9.68. The molecule has 0 fully saturated rings. The average Bonchev–Trinajstić information content (AvgIpc) is 2.30. The van der Waals surface area contributed by atoms with Crippen LogP contribution in [-0.2, 0) is 7.05 Å². The van der Waals surface area contributed by atoms with E-state index in [1.54, 1.807) is 13.2 Å². The summed E-state index contributed by atoms with van der Waals surface area (Å²) in [5.41, 5.74) is 0.477. The van der Waals surface area contributed by atoms with E-state index < -0.39 is 0 Å². The Morgan fingerprint density at radius 1 is 1.73 bits per heavy atom. The normalized spacial score (nSPS) is 8.55. The van der Waals surface area contributed by atoms with Crippen molar-refractivity contribution >= 4 is 6.29 Å². The van der Waals surface area contributed by atoms with E-state index in [9.17, 15) is 4.79 Å². The number of aromatic nitrogens is 2. The predicted octanol–water partition coefficient (Wildman–Crippen LogP) is 0.877. The SMILES string of the molecule is C.COc1nn(C)cc1C=O. The number of aryl methyl sites for hydroxylation is 1. The van der Waals surface area contributed by atoms with Crippen molar-refractivity contribution in [2.45, 2.75) is 7.43 Å². The quantitative estimate of drug-likeness (QED) is 0.597. The summed E-state index contributed by atoms with van der Waals surface area (Å²) in [6.07, 6.45) is 2.32. The van der Waals surface area contributed by atoms with E-state index in [-0.39, 0.29) is 7.43 Å². The number of aldehydes is 1. The van der Waals surface area contributed by atoms with Crippen molar-refractivity contribution in [1.82, 2.24) is 9.78 Å². The molecule has 11 heavy (non-hydrogen) atoms. The third kappa shape index (κ3) is 1.80. The van der Waals surface area contributed by atoms with E-state index in [0.717, 1.165) is 0 Å². The number of carbonyl (C=O) groups excluding carboxylic acids is 1. The Hall–Kier alpha value is -1.32. The van der Waals surface area contributed by atoms with E-state index in [4.69, 9.17) is 4.74 Å². The van der Waals surface area contributed by atoms with Crippen LogP contribution in [-0.4, -0.2) is 23.2 Å². The Kier molecular flexibility index (Phi) is 3.30. The lowest BCUT2D eigenvalue weighted by molar-refractivity contribution is 0.112. The first-order valence-corrected chi connectivity index (χ1v) is 2.80. The fraction of sp³-hybridized carbons (Fsp3) is 0.429. The molecule has 0 amide bonds. The van der Waals surface area contributed by atoms with Gasteiger partial charge in [-0.3, -0.25) is 9.48 Å². The van der Waals surface area contributed by atoms with Gasteiger partial charge in [-0.05, 0) is 0 Å². The summed E-state index contributed by atoms with van der Waals surface area (Å²) < 4.78 is 6.32. The van der Waals surface area contributed by atoms with E-state index in [1.165, 1.54) is 11.8 Å². The predicted molar refractivity (Wildman–Crippen MR) is 41.9 cm³/mol. The molecule has 0 aromatic carbocycles. The molecule has 1 aromatic heterocycles. The first-order chi connectivity index (χ1) is 4.77. The average molecular weight is 156 g/mol. The van der Waals surface area contributed by atoms with Gasteiger partial charge in [-0.15, -0.1) is 5.10 Å². The smallest absolute Gasteiger partial charge is 0.243 e. The second kappa shape index (κ2) is 3.75. The molecule has 4 nitrogen and oxygen atoms in total. The van der Waals surface area contributed by atoms with Crippen molar-refractivity contribution in [3.05, 3.63) is 11.8 Å². The molecule has 0 bridgehead atoms. The molecule has 1 rings (SSSR count). The molecule has 0 aliphatic rings. The van der Waals surface area contributed by atoms with E-state index in [2.05, 4.69) is 5.10 Å². The monoisotopic (exact) mass is 156 g/mol. The molecular weight excluding hydrogens is 144 g/mol. The summed E-state index contributed by atoms with van der Waals surface area (Å²) in [6, 6.07) is 0. The molecular formula is C7H12N2O2. The van der Waals surface area contributed by atoms with Crippen molar-refractivity contribution < 1.29 is 9.53 Å². The van der Waals surface area contributed by atoms with Crippen molar-refractivity contribution in [2.24, 2.45) is 7.05 Å². The zero-order valence-corrected chi connectivity index (χ0v) is 5.87. The maximum Gasteiger partial charge on any atom is 0.243 e. The van der Waals surface area contributed by atoms with Crippen molar-refractivity contribution in [2.75, 3.05) is 7.11 Å². The van der Waals surface area contributed by atoms with Gasteiger partial charge in [0.25, 0.3) is 0 Å². The van der Waals surface area contributed by atoms with Crippen LogP contribution in [0.3, 0.4) is 0 Å². The number of rotatable bonds is 2. The third-order valence-electron chi connectivity index (χ3n) is 1.14. The third-order valence-corrected chi connectivity index (χ3v) is 1.14. The van der Waals surface area contributed by atoms with Crippen LogP contribution in [0.5, 0.6) is 5.88 Å². The first-order valence-electron chi connectivity index (χ1n) is 2.80. The molecule has 0 radical (unpaired) electrons. The highest BCUT2D eigenvalue weighted by molar-refractivity contribution is 5.77. The molecule has 0 unspecified atom stereocenters. The molecule has 62 valence electrons. The Morgan fingerprint density at radius 2 is 2.36 bits per heavy atom. The van der Waals surface area contributed by atoms with Crippen LogP contribution in [0.4, 0.5) is 0 Å². The second-order valence-electron chi connectivity index (χ2n) is 1.89. The van der Waals surface area contributed by atoms with Gasteiger partial charge in [-0.2, -0.15) is 0 Å². The van der Waals surface area contributed by atoms with Gasteiger partial charge in [0.05, 0.1) is 12.7 Å². The second-order valence-corrected chi connectivity index (χ2v) is 1.89. The minimum absolute atomic E-state index is 0. The number of hydrogen-bond acceptors (Lipinski definition) is 3. The molecule has 0 spiro atoms. The van der Waals surface area contributed by atoms with Gasteiger partial charge < -0.3 is 4.74 Å². The van der Waals surface area contributed by atoms with Crippen LogP contribution >= 0.6 is 0 Å². The van der Waals surface area contributed by atoms with Gasteiger partial charge in [-0.1, -0.05) is 7.43 Å². The maximum absolute atomic E-state index is 10.3. The Morgan fingerprint density at radius 3 is 2.73 bits per heavy atom. The minimum atomic E-state index is 0. The molecule has 0 aliphatic heterocycles. The molecule has 1 aromatic rings. The Balaban J connectivity index is 0.000001000. The topological polar surface area (TPSA) is 44.1 Å². The number of methoxy groups -OCH3 is 1. The van der Waals surface area contributed by atoms with Gasteiger partial charge in [0.1, 0.15) is 0 Å². The van der Waals surface area contributed by atoms with Crippen LogP contribution in [0, 0.1) is 0 Å². The summed E-state index contributed by atoms with van der Waals surface area (Å²) in [4.78, 5) is 10.3. The Bertz CT molecular complexity index is 243. The number of hydrogen-bond donors (Lipinski definition) is 0. The standard InChI is InChI=1S/C6H8N2O2.CH4/c1-8-3-5(4-9)6(7-8)10-2;/h3-4H,1-2H3;1H4. The van der Waals surface area contributed by atoms with Gasteiger partial charge in [0.15, 0.2) is 6.29 Å². The highest BCUT2D eigenvalue weighted by Gasteiger charge is 2.04. The van der Waals surface area contributed by atoms with Crippen LogP contribution < -0.4 is 4.74 Å². The van der Waals surface area contributed by atoms with Crippen molar-refractivity contribution in [1.29, 1.82) is 0 Å². The molecule has 0 N–H and O–H groups in total. The number of nitrogens with zero attached hydrogens (tertiary/aromatic N) is 2. The lowest BCUT2D eigenvalue weighted by atomic mass is 10.4. The lowest BCUT2D eigenvalue weighted by Gasteiger charge is -1.90. The number of ether oxygens (including phenoxy) is 1. The summed E-state index contributed by atoms with van der Waals surface area (Å²) >= 11 is 0. The van der Waals surface area contributed by atoms with Gasteiger partial charge in [0.2, 0.25) is 5.88 Å². The van der Waals surface area contributed by atoms with E-state index in [0.29, 0.717) is 17.7 Å². The molecule has 0 saturated heterocycles. The zero-order chi connectivity index (χ0) is 7.56. The summed E-state index contributed by atoms with van der Waals surface area (Å²) in [5, 5.41) is 3.86. The molecule has 1 heterocycles. The Labute approximate surface area is 65.8 Å². The summed E-state index contributed by atoms with van der Waals surface area (Å²) in [6.45, 7) is 0. The fourth-order valence-electron chi connectivity index (χ4n) is 0.726. The molecule has 0 atom stereocenters. The largest absolute Gasteiger partial charge is 0.479 e. The lowest BCUT2D eigenvalue weighted by Crippen LogP contribution is -1.89. The van der Waals surface area contributed by atoms with Gasteiger partial charge in [-0.25, -0.2) is 0 Å². The van der Waals surface area contributed by atoms with Gasteiger partial charge >= 0.3 is 0 Å². The van der Waals surface area contributed by atoms with Crippen molar-refractivity contribution in [3.8, 4) is 5.88 Å². The van der Waals surface area contributed by atoms with E-state index in [1.807, 2.05) is 0 Å². The van der Waals surface area contributed by atoms with Crippen LogP contribution in [0.2, 0.25) is 0 Å².